The minimum atomic E-state index is -0.812. The summed E-state index contributed by atoms with van der Waals surface area (Å²) in [6.45, 7) is 0. The van der Waals surface area contributed by atoms with Gasteiger partial charge in [-0.1, -0.05) is 12.1 Å². The molecule has 0 unspecified atom stereocenters. The van der Waals surface area contributed by atoms with Gasteiger partial charge in [-0.3, -0.25) is 4.79 Å². The highest BCUT2D eigenvalue weighted by molar-refractivity contribution is 6.09. The van der Waals surface area contributed by atoms with E-state index in [4.69, 9.17) is 0 Å². The molecule has 20 heavy (non-hydrogen) atoms. The van der Waals surface area contributed by atoms with Gasteiger partial charge in [0.05, 0.1) is 5.56 Å². The fraction of sp³-hybridized carbons (Fsp3) is 0.235. The molecule has 0 bridgehead atoms. The topological polar surface area (TPSA) is 17.1 Å². The lowest BCUT2D eigenvalue weighted by atomic mass is 9.89. The van der Waals surface area contributed by atoms with Crippen molar-refractivity contribution < 1.29 is 13.6 Å². The Morgan fingerprint density at radius 1 is 0.900 bits per heavy atom. The minimum absolute atomic E-state index is 0.0813. The van der Waals surface area contributed by atoms with Gasteiger partial charge in [-0.15, -0.1) is 0 Å². The van der Waals surface area contributed by atoms with Crippen LogP contribution in [0.1, 0.15) is 39.9 Å². The van der Waals surface area contributed by atoms with Gasteiger partial charge in [0.15, 0.2) is 5.78 Å². The van der Waals surface area contributed by atoms with Crippen LogP contribution in [0.2, 0.25) is 0 Å². The second-order valence-electron chi connectivity index (χ2n) is 5.14. The second kappa shape index (κ2) is 5.16. The van der Waals surface area contributed by atoms with E-state index in [0.29, 0.717) is 5.56 Å². The van der Waals surface area contributed by atoms with Crippen molar-refractivity contribution in [3.63, 3.8) is 0 Å². The van der Waals surface area contributed by atoms with Gasteiger partial charge in [0.2, 0.25) is 0 Å². The Kier molecular flexibility index (Phi) is 3.35. The molecule has 0 aliphatic heterocycles. The first-order chi connectivity index (χ1) is 9.65. The molecule has 1 aliphatic carbocycles. The summed E-state index contributed by atoms with van der Waals surface area (Å²) in [5, 5.41) is 0. The molecule has 1 aliphatic rings. The lowest BCUT2D eigenvalue weighted by Gasteiger charge is -2.16. The molecule has 2 aromatic carbocycles. The summed E-state index contributed by atoms with van der Waals surface area (Å²) in [6.07, 6.45) is 4.29. The number of ketones is 1. The highest BCUT2D eigenvalue weighted by Crippen LogP contribution is 2.24. The summed E-state index contributed by atoms with van der Waals surface area (Å²) in [6, 6.07) is 8.57. The van der Waals surface area contributed by atoms with E-state index >= 15 is 0 Å². The number of benzene rings is 2. The van der Waals surface area contributed by atoms with Crippen LogP contribution in [0.25, 0.3) is 0 Å². The number of aryl methyl sites for hydroxylation is 2. The molecule has 0 atom stereocenters. The molecule has 1 nitrogen and oxygen atoms in total. The highest BCUT2D eigenvalue weighted by Gasteiger charge is 2.17. The van der Waals surface area contributed by atoms with Crippen LogP contribution in [-0.2, 0) is 12.8 Å². The van der Waals surface area contributed by atoms with Gasteiger partial charge >= 0.3 is 0 Å². The smallest absolute Gasteiger partial charge is 0.195 e. The molecule has 3 rings (SSSR count). The summed E-state index contributed by atoms with van der Waals surface area (Å²) in [4.78, 5) is 12.3. The molecule has 0 N–H and O–H groups in total. The molecule has 102 valence electrons. The largest absolute Gasteiger partial charge is 0.288 e. The van der Waals surface area contributed by atoms with E-state index in [1.54, 1.807) is 6.07 Å². The lowest BCUT2D eigenvalue weighted by Crippen LogP contribution is -2.08. The summed E-state index contributed by atoms with van der Waals surface area (Å²) >= 11 is 0. The zero-order chi connectivity index (χ0) is 14.1. The summed E-state index contributed by atoms with van der Waals surface area (Å²) in [5.41, 5.74) is 2.83. The number of rotatable bonds is 2. The van der Waals surface area contributed by atoms with Gasteiger partial charge in [0.25, 0.3) is 0 Å². The zero-order valence-electron chi connectivity index (χ0n) is 11.0. The van der Waals surface area contributed by atoms with Gasteiger partial charge in [-0.05, 0) is 55.0 Å². The molecule has 0 fully saturated rings. The van der Waals surface area contributed by atoms with Crippen molar-refractivity contribution in [1.82, 2.24) is 0 Å². The predicted molar refractivity (Wildman–Crippen MR) is 72.9 cm³/mol. The van der Waals surface area contributed by atoms with Gasteiger partial charge in [0.1, 0.15) is 11.6 Å². The van der Waals surface area contributed by atoms with E-state index in [-0.39, 0.29) is 5.56 Å². The molecule has 0 spiro atoms. The maximum atomic E-state index is 13.7. The Balaban J connectivity index is 1.98. The van der Waals surface area contributed by atoms with Crippen LogP contribution in [0.3, 0.4) is 0 Å². The Bertz CT molecular complexity index is 677. The Morgan fingerprint density at radius 2 is 1.65 bits per heavy atom. The van der Waals surface area contributed by atoms with Crippen molar-refractivity contribution in [2.75, 3.05) is 0 Å². The molecule has 0 heterocycles. The van der Waals surface area contributed by atoms with Crippen LogP contribution in [0.15, 0.2) is 36.4 Å². The third-order valence-corrected chi connectivity index (χ3v) is 3.79. The Labute approximate surface area is 116 Å². The zero-order valence-corrected chi connectivity index (χ0v) is 11.0. The third-order valence-electron chi connectivity index (χ3n) is 3.79. The molecular weight excluding hydrogens is 258 g/mol. The average Bonchev–Trinajstić information content (AvgIpc) is 2.46. The number of carbonyl (C=O) groups is 1. The van der Waals surface area contributed by atoms with Crippen molar-refractivity contribution in [2.45, 2.75) is 25.7 Å². The summed E-state index contributed by atoms with van der Waals surface area (Å²) < 4.78 is 26.6. The van der Waals surface area contributed by atoms with E-state index in [2.05, 4.69) is 0 Å². The normalized spacial score (nSPS) is 13.9. The van der Waals surface area contributed by atoms with Crippen LogP contribution in [0, 0.1) is 11.6 Å². The SMILES string of the molecule is O=C(c1ccc2c(c1)CCCC2)c1ccc(F)cc1F. The lowest BCUT2D eigenvalue weighted by molar-refractivity contribution is 0.103. The van der Waals surface area contributed by atoms with Crippen molar-refractivity contribution in [3.8, 4) is 0 Å². The van der Waals surface area contributed by atoms with Crippen molar-refractivity contribution in [2.24, 2.45) is 0 Å². The first kappa shape index (κ1) is 13.0. The van der Waals surface area contributed by atoms with E-state index in [9.17, 15) is 13.6 Å². The van der Waals surface area contributed by atoms with Crippen molar-refractivity contribution in [1.29, 1.82) is 0 Å². The van der Waals surface area contributed by atoms with Crippen molar-refractivity contribution in [3.05, 3.63) is 70.3 Å². The van der Waals surface area contributed by atoms with Gasteiger partial charge in [0, 0.05) is 11.6 Å². The number of carbonyl (C=O) groups excluding carboxylic acids is 1. The predicted octanol–water partition coefficient (Wildman–Crippen LogP) is 4.07. The highest BCUT2D eigenvalue weighted by atomic mass is 19.1. The number of fused-ring (bicyclic) bond motifs is 1. The Morgan fingerprint density at radius 3 is 2.40 bits per heavy atom. The molecule has 2 aromatic rings. The third kappa shape index (κ3) is 2.36. The van der Waals surface area contributed by atoms with E-state index in [1.807, 2.05) is 12.1 Å². The quantitative estimate of drug-likeness (QED) is 0.753. The first-order valence-corrected chi connectivity index (χ1v) is 6.77. The minimum Gasteiger partial charge on any atom is -0.288 e. The number of hydrogen-bond donors (Lipinski definition) is 0. The van der Waals surface area contributed by atoms with Crippen LogP contribution in [0.4, 0.5) is 8.78 Å². The van der Waals surface area contributed by atoms with Crippen LogP contribution in [-0.4, -0.2) is 5.78 Å². The number of hydrogen-bond acceptors (Lipinski definition) is 1. The Hall–Kier alpha value is -2.03. The second-order valence-corrected chi connectivity index (χ2v) is 5.14. The standard InChI is InChI=1S/C17H14F2O/c18-14-7-8-15(16(19)10-14)17(20)13-6-5-11-3-1-2-4-12(11)9-13/h5-10H,1-4H2. The molecule has 0 aromatic heterocycles. The van der Waals surface area contributed by atoms with Gasteiger partial charge < -0.3 is 0 Å². The maximum Gasteiger partial charge on any atom is 0.195 e. The fourth-order valence-electron chi connectivity index (χ4n) is 2.70. The summed E-state index contributed by atoms with van der Waals surface area (Å²) in [5.74, 6) is -1.88. The van der Waals surface area contributed by atoms with E-state index in [0.717, 1.165) is 31.4 Å². The van der Waals surface area contributed by atoms with E-state index in [1.165, 1.54) is 23.6 Å². The van der Waals surface area contributed by atoms with Crippen molar-refractivity contribution >= 4 is 5.78 Å². The summed E-state index contributed by atoms with van der Waals surface area (Å²) in [7, 11) is 0. The number of halogens is 2. The average molecular weight is 272 g/mol. The van der Waals surface area contributed by atoms with Crippen LogP contribution >= 0.6 is 0 Å². The molecular formula is C17H14F2O. The van der Waals surface area contributed by atoms with Gasteiger partial charge in [-0.2, -0.15) is 0 Å². The molecule has 0 amide bonds. The maximum absolute atomic E-state index is 13.7. The van der Waals surface area contributed by atoms with Gasteiger partial charge in [-0.25, -0.2) is 8.78 Å². The molecule has 0 saturated heterocycles. The monoisotopic (exact) mass is 272 g/mol. The van der Waals surface area contributed by atoms with Crippen LogP contribution in [0.5, 0.6) is 0 Å². The molecule has 0 saturated carbocycles. The molecule has 3 heteroatoms. The first-order valence-electron chi connectivity index (χ1n) is 6.77. The van der Waals surface area contributed by atoms with E-state index < -0.39 is 17.4 Å². The molecule has 0 radical (unpaired) electrons. The van der Waals surface area contributed by atoms with Crippen LogP contribution < -0.4 is 0 Å². The fourth-order valence-corrected chi connectivity index (χ4v) is 2.70.